The fourth-order valence-electron chi connectivity index (χ4n) is 1.12. The van der Waals surface area contributed by atoms with Gasteiger partial charge in [-0.2, -0.15) is 0 Å². The van der Waals surface area contributed by atoms with Crippen LogP contribution < -0.4 is 5.32 Å². The molecule has 0 bridgehead atoms. The van der Waals surface area contributed by atoms with Crippen molar-refractivity contribution in [3.63, 3.8) is 0 Å². The molecule has 0 spiro atoms. The van der Waals surface area contributed by atoms with Crippen LogP contribution in [0.2, 0.25) is 0 Å². The summed E-state index contributed by atoms with van der Waals surface area (Å²) in [5, 5.41) is 3.01. The van der Waals surface area contributed by atoms with E-state index in [1.165, 1.54) is 0 Å². The minimum atomic E-state index is -0.205. The molecule has 0 aliphatic carbocycles. The Hall–Kier alpha value is -1.06. The molecule has 0 radical (unpaired) electrons. The molecule has 1 rings (SSSR count). The van der Waals surface area contributed by atoms with Gasteiger partial charge in [0.1, 0.15) is 0 Å². The first-order valence-corrected chi connectivity index (χ1v) is 4.73. The van der Waals surface area contributed by atoms with Gasteiger partial charge < -0.3 is 10.1 Å². The van der Waals surface area contributed by atoms with Crippen LogP contribution in [-0.4, -0.2) is 19.1 Å². The maximum Gasteiger partial charge on any atom is 0.319 e. The van der Waals surface area contributed by atoms with E-state index in [1.54, 1.807) is 6.92 Å². The van der Waals surface area contributed by atoms with Crippen molar-refractivity contribution >= 4 is 18.4 Å². The van der Waals surface area contributed by atoms with Gasteiger partial charge in [0.05, 0.1) is 13.2 Å². The molecular weight excluding hydrogens is 214 g/mol. The van der Waals surface area contributed by atoms with Gasteiger partial charge >= 0.3 is 5.97 Å². The minimum Gasteiger partial charge on any atom is -0.465 e. The molecule has 1 aromatic rings. The van der Waals surface area contributed by atoms with Gasteiger partial charge in [-0.3, -0.25) is 4.79 Å². The molecule has 1 N–H and O–H groups in total. The molecule has 0 aliphatic heterocycles. The van der Waals surface area contributed by atoms with Crippen molar-refractivity contribution in [2.75, 3.05) is 13.2 Å². The number of carbonyl (C=O) groups excluding carboxylic acids is 1. The smallest absolute Gasteiger partial charge is 0.319 e. The van der Waals surface area contributed by atoms with Crippen LogP contribution in [0.1, 0.15) is 12.5 Å². The number of benzene rings is 1. The van der Waals surface area contributed by atoms with E-state index in [0.29, 0.717) is 13.2 Å². The van der Waals surface area contributed by atoms with E-state index in [-0.39, 0.29) is 24.9 Å². The second-order valence-corrected chi connectivity index (χ2v) is 2.89. The van der Waals surface area contributed by atoms with Crippen LogP contribution in [0.5, 0.6) is 0 Å². The lowest BCUT2D eigenvalue weighted by Gasteiger charge is -2.04. The third-order valence-electron chi connectivity index (χ3n) is 1.75. The van der Waals surface area contributed by atoms with Gasteiger partial charge in [0.25, 0.3) is 0 Å². The van der Waals surface area contributed by atoms with Crippen molar-refractivity contribution < 1.29 is 9.53 Å². The molecule has 0 amide bonds. The summed E-state index contributed by atoms with van der Waals surface area (Å²) >= 11 is 0. The zero-order valence-corrected chi connectivity index (χ0v) is 9.55. The summed E-state index contributed by atoms with van der Waals surface area (Å²) in [6, 6.07) is 9.94. The summed E-state index contributed by atoms with van der Waals surface area (Å²) in [4.78, 5) is 10.9. The number of ether oxygens (including phenoxy) is 1. The van der Waals surface area contributed by atoms with E-state index in [1.807, 2.05) is 30.3 Å². The molecule has 0 fully saturated rings. The Morgan fingerprint density at radius 3 is 2.60 bits per heavy atom. The van der Waals surface area contributed by atoms with Crippen molar-refractivity contribution in [1.82, 2.24) is 5.32 Å². The van der Waals surface area contributed by atoms with Crippen LogP contribution in [-0.2, 0) is 16.1 Å². The second kappa shape index (κ2) is 8.26. The summed E-state index contributed by atoms with van der Waals surface area (Å²) in [6.07, 6.45) is 0. The average Bonchev–Trinajstić information content (AvgIpc) is 2.20. The van der Waals surface area contributed by atoms with Crippen molar-refractivity contribution in [1.29, 1.82) is 0 Å². The van der Waals surface area contributed by atoms with Crippen LogP contribution in [0.3, 0.4) is 0 Å². The normalized spacial score (nSPS) is 9.13. The number of carbonyl (C=O) groups is 1. The van der Waals surface area contributed by atoms with Crippen molar-refractivity contribution in [3.05, 3.63) is 35.9 Å². The van der Waals surface area contributed by atoms with Gasteiger partial charge in [-0.1, -0.05) is 30.3 Å². The van der Waals surface area contributed by atoms with Crippen LogP contribution in [0.4, 0.5) is 0 Å². The lowest BCUT2D eigenvalue weighted by molar-refractivity contribution is -0.142. The van der Waals surface area contributed by atoms with Crippen LogP contribution in [0.25, 0.3) is 0 Å². The van der Waals surface area contributed by atoms with Gasteiger partial charge in [-0.05, 0) is 12.5 Å². The summed E-state index contributed by atoms with van der Waals surface area (Å²) in [7, 11) is 0. The second-order valence-electron chi connectivity index (χ2n) is 2.89. The van der Waals surface area contributed by atoms with Gasteiger partial charge in [-0.25, -0.2) is 0 Å². The Kier molecular flexibility index (Phi) is 7.68. The maximum atomic E-state index is 10.9. The number of hydrogen-bond acceptors (Lipinski definition) is 3. The van der Waals surface area contributed by atoms with Gasteiger partial charge in [0, 0.05) is 6.54 Å². The molecule has 1 aromatic carbocycles. The van der Waals surface area contributed by atoms with Crippen molar-refractivity contribution in [3.8, 4) is 0 Å². The first-order chi connectivity index (χ1) is 6.83. The van der Waals surface area contributed by atoms with Gasteiger partial charge in [0.15, 0.2) is 0 Å². The zero-order valence-electron chi connectivity index (χ0n) is 8.73. The number of esters is 1. The summed E-state index contributed by atoms with van der Waals surface area (Å²) in [6.45, 7) is 3.20. The largest absolute Gasteiger partial charge is 0.465 e. The van der Waals surface area contributed by atoms with E-state index in [2.05, 4.69) is 5.32 Å². The Morgan fingerprint density at radius 2 is 2.00 bits per heavy atom. The monoisotopic (exact) mass is 229 g/mol. The molecule has 0 aromatic heterocycles. The Bertz CT molecular complexity index is 277. The summed E-state index contributed by atoms with van der Waals surface area (Å²) < 4.78 is 4.78. The van der Waals surface area contributed by atoms with E-state index in [0.717, 1.165) is 5.56 Å². The van der Waals surface area contributed by atoms with Crippen LogP contribution >= 0.6 is 12.4 Å². The molecule has 0 heterocycles. The summed E-state index contributed by atoms with van der Waals surface area (Å²) in [5.74, 6) is -0.205. The molecule has 0 aliphatic rings. The predicted octanol–water partition coefficient (Wildman–Crippen LogP) is 1.76. The van der Waals surface area contributed by atoms with Crippen LogP contribution in [0.15, 0.2) is 30.3 Å². The van der Waals surface area contributed by atoms with E-state index in [9.17, 15) is 4.79 Å². The average molecular weight is 230 g/mol. The molecule has 84 valence electrons. The molecule has 0 unspecified atom stereocenters. The first kappa shape index (κ1) is 13.9. The predicted molar refractivity (Wildman–Crippen MR) is 62.0 cm³/mol. The van der Waals surface area contributed by atoms with Gasteiger partial charge in [0.2, 0.25) is 0 Å². The molecule has 4 heteroatoms. The molecule has 0 saturated carbocycles. The summed E-state index contributed by atoms with van der Waals surface area (Å²) in [5.41, 5.74) is 1.16. The van der Waals surface area contributed by atoms with Crippen molar-refractivity contribution in [2.24, 2.45) is 0 Å². The van der Waals surface area contributed by atoms with Crippen LogP contribution in [0, 0.1) is 0 Å². The number of nitrogens with one attached hydrogen (secondary N) is 1. The van der Waals surface area contributed by atoms with Gasteiger partial charge in [-0.15, -0.1) is 12.4 Å². The number of halogens is 1. The number of hydrogen-bond donors (Lipinski definition) is 1. The first-order valence-electron chi connectivity index (χ1n) is 4.73. The molecule has 3 nitrogen and oxygen atoms in total. The third-order valence-corrected chi connectivity index (χ3v) is 1.75. The van der Waals surface area contributed by atoms with E-state index in [4.69, 9.17) is 4.74 Å². The zero-order chi connectivity index (χ0) is 10.2. The highest BCUT2D eigenvalue weighted by molar-refractivity contribution is 5.85. The Labute approximate surface area is 96.2 Å². The number of rotatable bonds is 5. The highest BCUT2D eigenvalue weighted by Crippen LogP contribution is 1.96. The topological polar surface area (TPSA) is 38.3 Å². The van der Waals surface area contributed by atoms with E-state index < -0.39 is 0 Å². The SMILES string of the molecule is CCOC(=O)CNCc1ccccc1.Cl. The minimum absolute atomic E-state index is 0. The Morgan fingerprint density at radius 1 is 1.33 bits per heavy atom. The highest BCUT2D eigenvalue weighted by Gasteiger charge is 1.99. The maximum absolute atomic E-state index is 10.9. The van der Waals surface area contributed by atoms with Crippen molar-refractivity contribution in [2.45, 2.75) is 13.5 Å². The quantitative estimate of drug-likeness (QED) is 0.782. The Balaban J connectivity index is 0.00000196. The fraction of sp³-hybridized carbons (Fsp3) is 0.364. The molecule has 0 atom stereocenters. The third kappa shape index (κ3) is 6.10. The fourth-order valence-corrected chi connectivity index (χ4v) is 1.12. The lowest BCUT2D eigenvalue weighted by Crippen LogP contribution is -2.24. The molecule has 15 heavy (non-hydrogen) atoms. The molecule has 0 saturated heterocycles. The molecular formula is C11H16ClNO2. The lowest BCUT2D eigenvalue weighted by atomic mass is 10.2. The van der Waals surface area contributed by atoms with E-state index >= 15 is 0 Å². The highest BCUT2D eigenvalue weighted by atomic mass is 35.5. The standard InChI is InChI=1S/C11H15NO2.ClH/c1-2-14-11(13)9-12-8-10-6-4-3-5-7-10;/h3-7,12H,2,8-9H2,1H3;1H.